The molecular formula is C15H25NO2. The Balaban J connectivity index is 1.76. The summed E-state index contributed by atoms with van der Waals surface area (Å²) in [6.45, 7) is 1.15. The van der Waals surface area contributed by atoms with E-state index in [1.807, 2.05) is 0 Å². The van der Waals surface area contributed by atoms with Crippen molar-refractivity contribution in [2.24, 2.45) is 11.8 Å². The molecule has 3 rings (SSSR count). The Morgan fingerprint density at radius 1 is 0.889 bits per heavy atom. The zero-order chi connectivity index (χ0) is 12.5. The van der Waals surface area contributed by atoms with Crippen molar-refractivity contribution in [2.75, 3.05) is 6.54 Å². The van der Waals surface area contributed by atoms with Crippen LogP contribution < -0.4 is 0 Å². The molecule has 1 aliphatic heterocycles. The molecular weight excluding hydrogens is 226 g/mol. The molecule has 0 aromatic carbocycles. The zero-order valence-corrected chi connectivity index (χ0v) is 11.2. The van der Waals surface area contributed by atoms with E-state index in [9.17, 15) is 9.90 Å². The summed E-state index contributed by atoms with van der Waals surface area (Å²) in [5, 5.41) is 9.45. The minimum Gasteiger partial charge on any atom is -0.481 e. The van der Waals surface area contributed by atoms with E-state index in [2.05, 4.69) is 4.90 Å². The topological polar surface area (TPSA) is 40.5 Å². The van der Waals surface area contributed by atoms with Gasteiger partial charge in [0.05, 0.1) is 5.92 Å². The summed E-state index contributed by atoms with van der Waals surface area (Å²) in [5.41, 5.74) is 0. The lowest BCUT2D eigenvalue weighted by molar-refractivity contribution is -0.146. The van der Waals surface area contributed by atoms with Gasteiger partial charge in [-0.1, -0.05) is 19.3 Å². The van der Waals surface area contributed by atoms with Crippen molar-refractivity contribution in [3.63, 3.8) is 0 Å². The van der Waals surface area contributed by atoms with Gasteiger partial charge in [0.1, 0.15) is 0 Å². The van der Waals surface area contributed by atoms with Crippen LogP contribution in [0.25, 0.3) is 0 Å². The number of carboxylic acids is 1. The predicted octanol–water partition coefficient (Wildman–Crippen LogP) is 2.89. The largest absolute Gasteiger partial charge is 0.481 e. The van der Waals surface area contributed by atoms with Gasteiger partial charge < -0.3 is 5.11 Å². The van der Waals surface area contributed by atoms with Crippen LogP contribution in [0, 0.1) is 11.8 Å². The molecule has 4 atom stereocenters. The van der Waals surface area contributed by atoms with E-state index in [1.54, 1.807) is 0 Å². The summed E-state index contributed by atoms with van der Waals surface area (Å²) in [6, 6.07) is 1.05. The van der Waals surface area contributed by atoms with Crippen LogP contribution in [0.2, 0.25) is 0 Å². The number of carboxylic acid groups (broad SMARTS) is 1. The maximum absolute atomic E-state index is 11.5. The third-order valence-electron chi connectivity index (χ3n) is 5.51. The van der Waals surface area contributed by atoms with E-state index >= 15 is 0 Å². The average Bonchev–Trinajstić information content (AvgIpc) is 2.86. The molecule has 18 heavy (non-hydrogen) atoms. The molecule has 0 bridgehead atoms. The van der Waals surface area contributed by atoms with Crippen molar-refractivity contribution in [2.45, 2.75) is 69.9 Å². The molecule has 102 valence electrons. The Hall–Kier alpha value is -0.570. The van der Waals surface area contributed by atoms with Crippen molar-refractivity contribution >= 4 is 5.97 Å². The summed E-state index contributed by atoms with van der Waals surface area (Å²) in [7, 11) is 0. The van der Waals surface area contributed by atoms with E-state index in [1.165, 1.54) is 38.5 Å². The highest BCUT2D eigenvalue weighted by atomic mass is 16.4. The van der Waals surface area contributed by atoms with Crippen LogP contribution in [0.5, 0.6) is 0 Å². The fraction of sp³-hybridized carbons (Fsp3) is 0.933. The van der Waals surface area contributed by atoms with Crippen LogP contribution in [0.3, 0.4) is 0 Å². The zero-order valence-electron chi connectivity index (χ0n) is 11.2. The Bertz CT molecular complexity index is 318. The summed E-state index contributed by atoms with van der Waals surface area (Å²) in [6.07, 6.45) is 11.1. The lowest BCUT2D eigenvalue weighted by Crippen LogP contribution is -2.53. The lowest BCUT2D eigenvalue weighted by atomic mass is 9.80. The number of piperidine rings is 1. The van der Waals surface area contributed by atoms with Gasteiger partial charge >= 0.3 is 5.97 Å². The standard InChI is InChI=1S/C15H25NO2/c17-15(18)12-7-1-2-8-14(12)16-10-4-6-11-5-3-9-13(11)16/h11-14H,1-10H2,(H,17,18). The van der Waals surface area contributed by atoms with Crippen molar-refractivity contribution in [3.8, 4) is 0 Å². The van der Waals surface area contributed by atoms with Gasteiger partial charge in [-0.3, -0.25) is 9.69 Å². The van der Waals surface area contributed by atoms with Gasteiger partial charge in [0.2, 0.25) is 0 Å². The molecule has 0 radical (unpaired) electrons. The highest BCUT2D eigenvalue weighted by Gasteiger charge is 2.42. The van der Waals surface area contributed by atoms with Gasteiger partial charge in [-0.25, -0.2) is 0 Å². The van der Waals surface area contributed by atoms with E-state index in [0.717, 1.165) is 31.7 Å². The molecule has 0 spiro atoms. The van der Waals surface area contributed by atoms with Crippen LogP contribution in [0.1, 0.15) is 57.8 Å². The summed E-state index contributed by atoms with van der Waals surface area (Å²) >= 11 is 0. The second-order valence-corrected chi connectivity index (χ2v) is 6.43. The molecule has 1 saturated heterocycles. The number of nitrogens with zero attached hydrogens (tertiary/aromatic N) is 1. The van der Waals surface area contributed by atoms with Crippen molar-refractivity contribution in [1.82, 2.24) is 4.90 Å². The van der Waals surface area contributed by atoms with Crippen LogP contribution in [0.15, 0.2) is 0 Å². The fourth-order valence-corrected chi connectivity index (χ4v) is 4.70. The molecule has 0 aromatic heterocycles. The third-order valence-corrected chi connectivity index (χ3v) is 5.51. The minimum absolute atomic E-state index is 0.0990. The molecule has 3 aliphatic rings. The molecule has 2 aliphatic carbocycles. The maximum atomic E-state index is 11.5. The number of rotatable bonds is 2. The Labute approximate surface area is 110 Å². The number of fused-ring (bicyclic) bond motifs is 1. The fourth-order valence-electron chi connectivity index (χ4n) is 4.70. The molecule has 2 saturated carbocycles. The molecule has 4 unspecified atom stereocenters. The summed E-state index contributed by atoms with van der Waals surface area (Å²) in [5.74, 6) is 0.216. The van der Waals surface area contributed by atoms with Crippen LogP contribution in [0.4, 0.5) is 0 Å². The van der Waals surface area contributed by atoms with Gasteiger partial charge in [0.15, 0.2) is 0 Å². The maximum Gasteiger partial charge on any atom is 0.308 e. The molecule has 3 heteroatoms. The second-order valence-electron chi connectivity index (χ2n) is 6.43. The molecule has 3 nitrogen and oxygen atoms in total. The van der Waals surface area contributed by atoms with E-state index in [0.29, 0.717) is 12.1 Å². The molecule has 1 heterocycles. The minimum atomic E-state index is -0.556. The normalized spacial score (nSPS) is 41.6. The van der Waals surface area contributed by atoms with Gasteiger partial charge in [-0.15, -0.1) is 0 Å². The number of carbonyl (C=O) groups is 1. The molecule has 1 N–H and O–H groups in total. The first-order valence-electron chi connectivity index (χ1n) is 7.76. The smallest absolute Gasteiger partial charge is 0.308 e. The number of hydrogen-bond acceptors (Lipinski definition) is 2. The number of hydrogen-bond donors (Lipinski definition) is 1. The van der Waals surface area contributed by atoms with Crippen molar-refractivity contribution in [3.05, 3.63) is 0 Å². The van der Waals surface area contributed by atoms with Gasteiger partial charge in [0, 0.05) is 12.1 Å². The highest BCUT2D eigenvalue weighted by Crippen LogP contribution is 2.41. The summed E-state index contributed by atoms with van der Waals surface area (Å²) in [4.78, 5) is 14.1. The average molecular weight is 251 g/mol. The Morgan fingerprint density at radius 3 is 2.44 bits per heavy atom. The quantitative estimate of drug-likeness (QED) is 0.820. The Kier molecular flexibility index (Phi) is 3.60. The van der Waals surface area contributed by atoms with Crippen LogP contribution in [-0.2, 0) is 4.79 Å². The Morgan fingerprint density at radius 2 is 1.61 bits per heavy atom. The van der Waals surface area contributed by atoms with Crippen molar-refractivity contribution < 1.29 is 9.90 Å². The molecule has 0 amide bonds. The molecule has 0 aromatic rings. The first-order valence-corrected chi connectivity index (χ1v) is 7.76. The van der Waals surface area contributed by atoms with Crippen molar-refractivity contribution in [1.29, 1.82) is 0 Å². The van der Waals surface area contributed by atoms with E-state index < -0.39 is 5.97 Å². The first kappa shape index (κ1) is 12.5. The van der Waals surface area contributed by atoms with E-state index in [-0.39, 0.29) is 5.92 Å². The summed E-state index contributed by atoms with van der Waals surface area (Å²) < 4.78 is 0. The second kappa shape index (κ2) is 5.20. The van der Waals surface area contributed by atoms with Crippen LogP contribution >= 0.6 is 0 Å². The monoisotopic (exact) mass is 251 g/mol. The highest BCUT2D eigenvalue weighted by molar-refractivity contribution is 5.71. The predicted molar refractivity (Wildman–Crippen MR) is 70.5 cm³/mol. The first-order chi connectivity index (χ1) is 8.77. The third kappa shape index (κ3) is 2.18. The van der Waals surface area contributed by atoms with Gasteiger partial charge in [0.25, 0.3) is 0 Å². The van der Waals surface area contributed by atoms with Gasteiger partial charge in [-0.2, -0.15) is 0 Å². The number of likely N-dealkylation sites (tertiary alicyclic amines) is 1. The molecule has 3 fully saturated rings. The van der Waals surface area contributed by atoms with E-state index in [4.69, 9.17) is 0 Å². The van der Waals surface area contributed by atoms with Crippen LogP contribution in [-0.4, -0.2) is 34.6 Å². The SMILES string of the molecule is O=C(O)C1CCCCC1N1CCCC2CCCC21. The van der Waals surface area contributed by atoms with Gasteiger partial charge in [-0.05, 0) is 51.0 Å². The number of aliphatic carboxylic acids is 1. The lowest BCUT2D eigenvalue weighted by Gasteiger charge is -2.46.